The standard InChI is InChI=1S/C24H33N3O3/c1-4-5-11-21(27-23(29)30-24(2,3)17-25)22(28)26-16-18-12-14-20(15-13-18)19-9-7-6-8-10-19/h6-10,12-15,21H,4-5,11,16-17,25H2,1-3H3,(H,26,28)(H,27,29). The SMILES string of the molecule is CCCCC(NC(=O)OC(C)(C)CN)C(=O)NCc1ccc(-c2ccccc2)cc1. The number of amides is 2. The van der Waals surface area contributed by atoms with Crippen molar-refractivity contribution in [2.24, 2.45) is 5.73 Å². The van der Waals surface area contributed by atoms with Crippen LogP contribution >= 0.6 is 0 Å². The van der Waals surface area contributed by atoms with Gasteiger partial charge in [-0.2, -0.15) is 0 Å². The lowest BCUT2D eigenvalue weighted by Gasteiger charge is -2.25. The molecule has 0 saturated heterocycles. The van der Waals surface area contributed by atoms with Gasteiger partial charge in [-0.1, -0.05) is 74.4 Å². The number of hydrogen-bond donors (Lipinski definition) is 3. The highest BCUT2D eigenvalue weighted by atomic mass is 16.6. The first kappa shape index (κ1) is 23.4. The van der Waals surface area contributed by atoms with Crippen molar-refractivity contribution in [1.82, 2.24) is 10.6 Å². The number of carbonyl (C=O) groups excluding carboxylic acids is 2. The minimum atomic E-state index is -0.781. The Morgan fingerprint density at radius 3 is 2.27 bits per heavy atom. The maximum absolute atomic E-state index is 12.7. The first-order valence-corrected chi connectivity index (χ1v) is 10.5. The number of nitrogens with one attached hydrogen (secondary N) is 2. The van der Waals surface area contributed by atoms with Gasteiger partial charge in [0.25, 0.3) is 0 Å². The van der Waals surface area contributed by atoms with E-state index in [0.717, 1.165) is 29.5 Å². The Kier molecular flexibility index (Phi) is 8.87. The maximum atomic E-state index is 12.7. The summed E-state index contributed by atoms with van der Waals surface area (Å²) >= 11 is 0. The van der Waals surface area contributed by atoms with Crippen LogP contribution in [0.25, 0.3) is 11.1 Å². The predicted octanol–water partition coefficient (Wildman–Crippen LogP) is 3.99. The molecule has 0 saturated carbocycles. The number of unbranched alkanes of at least 4 members (excludes halogenated alkanes) is 1. The molecule has 0 aliphatic heterocycles. The molecule has 6 nitrogen and oxygen atoms in total. The van der Waals surface area contributed by atoms with Crippen molar-refractivity contribution in [2.45, 2.75) is 58.2 Å². The number of alkyl carbamates (subject to hydrolysis) is 1. The van der Waals surface area contributed by atoms with Crippen LogP contribution in [0.5, 0.6) is 0 Å². The fraction of sp³-hybridized carbons (Fsp3) is 0.417. The highest BCUT2D eigenvalue weighted by Crippen LogP contribution is 2.19. The monoisotopic (exact) mass is 411 g/mol. The molecule has 0 heterocycles. The molecule has 2 rings (SSSR count). The van der Waals surface area contributed by atoms with E-state index in [4.69, 9.17) is 10.5 Å². The topological polar surface area (TPSA) is 93.4 Å². The second-order valence-corrected chi connectivity index (χ2v) is 7.97. The summed E-state index contributed by atoms with van der Waals surface area (Å²) in [5.41, 5.74) is 8.08. The van der Waals surface area contributed by atoms with Crippen molar-refractivity contribution in [3.05, 3.63) is 60.2 Å². The molecule has 0 aliphatic rings. The van der Waals surface area contributed by atoms with Crippen molar-refractivity contribution in [1.29, 1.82) is 0 Å². The van der Waals surface area contributed by atoms with E-state index in [-0.39, 0.29) is 12.5 Å². The zero-order valence-corrected chi connectivity index (χ0v) is 18.1. The Morgan fingerprint density at radius 2 is 1.67 bits per heavy atom. The summed E-state index contributed by atoms with van der Waals surface area (Å²) in [5.74, 6) is -0.224. The zero-order valence-electron chi connectivity index (χ0n) is 18.1. The summed E-state index contributed by atoms with van der Waals surface area (Å²) < 4.78 is 5.31. The molecule has 1 atom stereocenters. The van der Waals surface area contributed by atoms with Gasteiger partial charge in [0.2, 0.25) is 5.91 Å². The summed E-state index contributed by atoms with van der Waals surface area (Å²) in [5, 5.41) is 5.60. The van der Waals surface area contributed by atoms with Crippen molar-refractivity contribution >= 4 is 12.0 Å². The van der Waals surface area contributed by atoms with E-state index < -0.39 is 17.7 Å². The van der Waals surface area contributed by atoms with Gasteiger partial charge in [0.1, 0.15) is 11.6 Å². The van der Waals surface area contributed by atoms with Gasteiger partial charge in [-0.3, -0.25) is 4.79 Å². The molecule has 0 aromatic heterocycles. The van der Waals surface area contributed by atoms with Crippen LogP contribution in [0.15, 0.2) is 54.6 Å². The quantitative estimate of drug-likeness (QED) is 0.551. The van der Waals surface area contributed by atoms with Crippen LogP contribution in [0.1, 0.15) is 45.6 Å². The molecule has 0 aliphatic carbocycles. The second kappa shape index (κ2) is 11.4. The van der Waals surface area contributed by atoms with Crippen LogP contribution in [0.3, 0.4) is 0 Å². The van der Waals surface area contributed by atoms with E-state index in [1.165, 1.54) is 0 Å². The molecule has 6 heteroatoms. The number of ether oxygens (including phenoxy) is 1. The first-order chi connectivity index (χ1) is 14.3. The summed E-state index contributed by atoms with van der Waals surface area (Å²) in [6.45, 7) is 6.09. The van der Waals surface area contributed by atoms with Gasteiger partial charge in [0.05, 0.1) is 0 Å². The van der Waals surface area contributed by atoms with E-state index in [9.17, 15) is 9.59 Å². The molecule has 2 aromatic carbocycles. The summed E-state index contributed by atoms with van der Waals surface area (Å²) in [4.78, 5) is 24.8. The first-order valence-electron chi connectivity index (χ1n) is 10.5. The van der Waals surface area contributed by atoms with Gasteiger partial charge < -0.3 is 21.1 Å². The highest BCUT2D eigenvalue weighted by molar-refractivity contribution is 5.85. The van der Waals surface area contributed by atoms with Gasteiger partial charge in [-0.05, 0) is 37.0 Å². The Balaban J connectivity index is 1.93. The number of rotatable bonds is 10. The second-order valence-electron chi connectivity index (χ2n) is 7.97. The Bertz CT molecular complexity index is 804. The van der Waals surface area contributed by atoms with Gasteiger partial charge >= 0.3 is 6.09 Å². The van der Waals surface area contributed by atoms with Gasteiger partial charge in [-0.15, -0.1) is 0 Å². The maximum Gasteiger partial charge on any atom is 0.408 e. The lowest BCUT2D eigenvalue weighted by molar-refractivity contribution is -0.123. The summed E-state index contributed by atoms with van der Waals surface area (Å²) in [7, 11) is 0. The van der Waals surface area contributed by atoms with Crippen molar-refractivity contribution in [2.75, 3.05) is 6.54 Å². The van der Waals surface area contributed by atoms with E-state index in [1.54, 1.807) is 13.8 Å². The fourth-order valence-corrected chi connectivity index (χ4v) is 2.90. The molecule has 0 radical (unpaired) electrons. The third-order valence-electron chi connectivity index (χ3n) is 4.84. The summed E-state index contributed by atoms with van der Waals surface area (Å²) in [6.07, 6.45) is 1.67. The average Bonchev–Trinajstić information content (AvgIpc) is 2.75. The van der Waals surface area contributed by atoms with Crippen LogP contribution in [-0.2, 0) is 16.1 Å². The lowest BCUT2D eigenvalue weighted by Crippen LogP contribution is -2.49. The van der Waals surface area contributed by atoms with Crippen molar-refractivity contribution in [3.63, 3.8) is 0 Å². The molecular weight excluding hydrogens is 378 g/mol. The number of benzene rings is 2. The highest BCUT2D eigenvalue weighted by Gasteiger charge is 2.25. The number of hydrogen-bond acceptors (Lipinski definition) is 4. The summed E-state index contributed by atoms with van der Waals surface area (Å²) in [6, 6.07) is 17.5. The largest absolute Gasteiger partial charge is 0.442 e. The Morgan fingerprint density at radius 1 is 1.03 bits per heavy atom. The van der Waals surface area contributed by atoms with E-state index >= 15 is 0 Å². The Hall–Kier alpha value is -2.86. The number of nitrogens with two attached hydrogens (primary N) is 1. The molecular formula is C24H33N3O3. The normalized spacial score (nSPS) is 12.1. The third-order valence-corrected chi connectivity index (χ3v) is 4.84. The van der Waals surface area contributed by atoms with Crippen LogP contribution in [0.2, 0.25) is 0 Å². The van der Waals surface area contributed by atoms with Gasteiger partial charge in [-0.25, -0.2) is 4.79 Å². The minimum Gasteiger partial charge on any atom is -0.442 e. The van der Waals surface area contributed by atoms with Gasteiger partial charge in [0.15, 0.2) is 0 Å². The van der Waals surface area contributed by atoms with Crippen LogP contribution in [0, 0.1) is 0 Å². The van der Waals surface area contributed by atoms with Gasteiger partial charge in [0, 0.05) is 13.1 Å². The van der Waals surface area contributed by atoms with E-state index in [0.29, 0.717) is 13.0 Å². The lowest BCUT2D eigenvalue weighted by atomic mass is 10.0. The zero-order chi connectivity index (χ0) is 22.0. The van der Waals surface area contributed by atoms with Crippen molar-refractivity contribution in [3.8, 4) is 11.1 Å². The van der Waals surface area contributed by atoms with Crippen LogP contribution < -0.4 is 16.4 Å². The Labute approximate surface area is 179 Å². The van der Waals surface area contributed by atoms with Crippen LogP contribution in [-0.4, -0.2) is 30.2 Å². The molecule has 2 amide bonds. The molecule has 0 spiro atoms. The fourth-order valence-electron chi connectivity index (χ4n) is 2.90. The molecule has 2 aromatic rings. The predicted molar refractivity (Wildman–Crippen MR) is 120 cm³/mol. The molecule has 1 unspecified atom stereocenters. The molecule has 0 fully saturated rings. The van der Waals surface area contributed by atoms with Crippen LogP contribution in [0.4, 0.5) is 4.79 Å². The number of carbonyl (C=O) groups is 2. The van der Waals surface area contributed by atoms with E-state index in [2.05, 4.69) is 22.8 Å². The molecule has 4 N–H and O–H groups in total. The van der Waals surface area contributed by atoms with E-state index in [1.807, 2.05) is 49.4 Å². The third kappa shape index (κ3) is 7.52. The molecule has 30 heavy (non-hydrogen) atoms. The van der Waals surface area contributed by atoms with Crippen molar-refractivity contribution < 1.29 is 14.3 Å². The molecule has 0 bridgehead atoms. The smallest absolute Gasteiger partial charge is 0.408 e. The minimum absolute atomic E-state index is 0.200. The molecule has 162 valence electrons. The average molecular weight is 412 g/mol.